The second-order valence-electron chi connectivity index (χ2n) is 5.13. The minimum Gasteiger partial charge on any atom is -0.475 e. The molecular weight excluding hydrogens is 305 g/mol. The van der Waals surface area contributed by atoms with E-state index in [1.807, 2.05) is 0 Å². The molecule has 0 spiro atoms. The molecule has 1 atom stereocenters. The molecule has 3 rings (SSSR count). The van der Waals surface area contributed by atoms with E-state index in [1.54, 1.807) is 12.1 Å². The van der Waals surface area contributed by atoms with Crippen LogP contribution < -0.4 is 0 Å². The minimum atomic E-state index is -1.23. The maximum Gasteiger partial charge on any atom is 0.371 e. The van der Waals surface area contributed by atoms with Crippen molar-refractivity contribution in [1.82, 2.24) is 4.90 Å². The van der Waals surface area contributed by atoms with E-state index in [4.69, 9.17) is 14.3 Å². The van der Waals surface area contributed by atoms with Crippen LogP contribution in [0.5, 0.6) is 0 Å². The molecule has 1 N–H and O–H groups in total. The molecule has 120 valence electrons. The summed E-state index contributed by atoms with van der Waals surface area (Å²) in [5.41, 5.74) is 0.646. The number of rotatable bonds is 3. The first-order valence-corrected chi connectivity index (χ1v) is 7.04. The Kier molecular flexibility index (Phi) is 4.12. The third kappa shape index (κ3) is 3.24. The number of benzene rings is 1. The number of aromatic carboxylic acids is 1. The average molecular weight is 319 g/mol. The average Bonchev–Trinajstić information content (AvgIpc) is 3.04. The summed E-state index contributed by atoms with van der Waals surface area (Å²) in [6.07, 6.45) is -0.433. The van der Waals surface area contributed by atoms with Crippen molar-refractivity contribution in [3.8, 4) is 0 Å². The van der Waals surface area contributed by atoms with Gasteiger partial charge >= 0.3 is 5.97 Å². The molecule has 1 aliphatic heterocycles. The van der Waals surface area contributed by atoms with Gasteiger partial charge in [-0.15, -0.1) is 0 Å². The summed E-state index contributed by atoms with van der Waals surface area (Å²) >= 11 is 0. The predicted octanol–water partition coefficient (Wildman–Crippen LogP) is 2.33. The largest absolute Gasteiger partial charge is 0.475 e. The topological polar surface area (TPSA) is 80.0 Å². The highest BCUT2D eigenvalue weighted by Crippen LogP contribution is 2.24. The van der Waals surface area contributed by atoms with Crippen molar-refractivity contribution < 1.29 is 28.2 Å². The molecule has 1 saturated heterocycles. The van der Waals surface area contributed by atoms with E-state index in [0.717, 1.165) is 0 Å². The summed E-state index contributed by atoms with van der Waals surface area (Å²) < 4.78 is 23.9. The minimum absolute atomic E-state index is 0.0395. The molecule has 1 amide bonds. The summed E-state index contributed by atoms with van der Waals surface area (Å²) in [6, 6.07) is 8.59. The molecule has 7 heteroatoms. The number of carbonyl (C=O) groups excluding carboxylic acids is 1. The van der Waals surface area contributed by atoms with Gasteiger partial charge in [-0.1, -0.05) is 12.1 Å². The second kappa shape index (κ2) is 6.21. The summed E-state index contributed by atoms with van der Waals surface area (Å²) in [5.74, 6) is -2.34. The molecular formula is C16H14FNO5. The molecule has 1 aromatic carbocycles. The van der Waals surface area contributed by atoms with E-state index in [1.165, 1.54) is 29.2 Å². The number of carboxylic acids is 1. The number of furan rings is 1. The molecule has 0 bridgehead atoms. The molecule has 1 aliphatic rings. The lowest BCUT2D eigenvalue weighted by Crippen LogP contribution is -2.42. The Morgan fingerprint density at radius 2 is 2.00 bits per heavy atom. The third-order valence-corrected chi connectivity index (χ3v) is 3.60. The monoisotopic (exact) mass is 319 g/mol. The summed E-state index contributed by atoms with van der Waals surface area (Å²) in [7, 11) is 0. The van der Waals surface area contributed by atoms with Crippen molar-refractivity contribution in [2.24, 2.45) is 0 Å². The lowest BCUT2D eigenvalue weighted by molar-refractivity contribution is -0.0239. The summed E-state index contributed by atoms with van der Waals surface area (Å²) in [5, 5.41) is 8.83. The van der Waals surface area contributed by atoms with Gasteiger partial charge in [-0.25, -0.2) is 9.18 Å². The predicted molar refractivity (Wildman–Crippen MR) is 76.7 cm³/mol. The molecule has 0 aliphatic carbocycles. The zero-order chi connectivity index (χ0) is 16.4. The van der Waals surface area contributed by atoms with Crippen molar-refractivity contribution in [3.63, 3.8) is 0 Å². The molecule has 1 aromatic heterocycles. The number of nitrogens with zero attached hydrogens (tertiary/aromatic N) is 1. The van der Waals surface area contributed by atoms with E-state index < -0.39 is 18.0 Å². The maximum absolute atomic E-state index is 13.3. The van der Waals surface area contributed by atoms with Crippen molar-refractivity contribution in [2.45, 2.75) is 6.10 Å². The Hall–Kier alpha value is -2.67. The SMILES string of the molecule is O=C(O)c1ccc(C(=O)N2CCOC(c3cccc(F)c3)C2)o1. The van der Waals surface area contributed by atoms with E-state index in [9.17, 15) is 14.0 Å². The Morgan fingerprint density at radius 3 is 2.70 bits per heavy atom. The highest BCUT2D eigenvalue weighted by molar-refractivity contribution is 5.93. The Labute approximate surface area is 131 Å². The number of amides is 1. The zero-order valence-electron chi connectivity index (χ0n) is 12.1. The zero-order valence-corrected chi connectivity index (χ0v) is 12.1. The smallest absolute Gasteiger partial charge is 0.371 e. The quantitative estimate of drug-likeness (QED) is 0.939. The van der Waals surface area contributed by atoms with Gasteiger partial charge in [-0.2, -0.15) is 0 Å². The fraction of sp³-hybridized carbons (Fsp3) is 0.250. The number of halogens is 1. The lowest BCUT2D eigenvalue weighted by Gasteiger charge is -2.32. The number of ether oxygens (including phenoxy) is 1. The van der Waals surface area contributed by atoms with Crippen LogP contribution in [0.2, 0.25) is 0 Å². The van der Waals surface area contributed by atoms with Gasteiger partial charge in [0.1, 0.15) is 11.9 Å². The molecule has 1 unspecified atom stereocenters. The summed E-state index contributed by atoms with van der Waals surface area (Å²) in [4.78, 5) is 24.7. The van der Waals surface area contributed by atoms with Crippen LogP contribution >= 0.6 is 0 Å². The molecule has 1 fully saturated rings. The van der Waals surface area contributed by atoms with Crippen LogP contribution in [-0.4, -0.2) is 41.6 Å². The highest BCUT2D eigenvalue weighted by Gasteiger charge is 2.28. The Balaban J connectivity index is 1.75. The lowest BCUT2D eigenvalue weighted by atomic mass is 10.1. The molecule has 23 heavy (non-hydrogen) atoms. The molecule has 0 radical (unpaired) electrons. The Bertz CT molecular complexity index is 742. The van der Waals surface area contributed by atoms with Gasteiger partial charge in [0.25, 0.3) is 5.91 Å². The number of morpholine rings is 1. The first-order chi connectivity index (χ1) is 11.0. The summed E-state index contributed by atoms with van der Waals surface area (Å²) in [6.45, 7) is 0.901. The van der Waals surface area contributed by atoms with Gasteiger partial charge in [-0.3, -0.25) is 4.79 Å². The van der Waals surface area contributed by atoms with Gasteiger partial charge in [0, 0.05) is 6.54 Å². The van der Waals surface area contributed by atoms with Gasteiger partial charge in [0.15, 0.2) is 5.76 Å². The van der Waals surface area contributed by atoms with Crippen LogP contribution in [0.25, 0.3) is 0 Å². The van der Waals surface area contributed by atoms with E-state index in [0.29, 0.717) is 18.7 Å². The van der Waals surface area contributed by atoms with E-state index >= 15 is 0 Å². The van der Waals surface area contributed by atoms with E-state index in [-0.39, 0.29) is 23.9 Å². The molecule has 2 heterocycles. The maximum atomic E-state index is 13.3. The van der Waals surface area contributed by atoms with Crippen molar-refractivity contribution in [3.05, 3.63) is 59.3 Å². The van der Waals surface area contributed by atoms with E-state index in [2.05, 4.69) is 0 Å². The van der Waals surface area contributed by atoms with Gasteiger partial charge in [0.2, 0.25) is 5.76 Å². The molecule has 0 saturated carbocycles. The third-order valence-electron chi connectivity index (χ3n) is 3.60. The molecule has 6 nitrogen and oxygen atoms in total. The molecule has 2 aromatic rings. The fourth-order valence-corrected chi connectivity index (χ4v) is 2.47. The van der Waals surface area contributed by atoms with Crippen molar-refractivity contribution in [1.29, 1.82) is 0 Å². The van der Waals surface area contributed by atoms with Crippen LogP contribution in [0.1, 0.15) is 32.8 Å². The van der Waals surface area contributed by atoms with Crippen LogP contribution in [0.4, 0.5) is 4.39 Å². The highest BCUT2D eigenvalue weighted by atomic mass is 19.1. The van der Waals surface area contributed by atoms with Gasteiger partial charge in [-0.05, 0) is 29.8 Å². The number of hydrogen-bond donors (Lipinski definition) is 1. The van der Waals surface area contributed by atoms with Crippen LogP contribution in [0.3, 0.4) is 0 Å². The van der Waals surface area contributed by atoms with Gasteiger partial charge in [0.05, 0.1) is 13.2 Å². The fourth-order valence-electron chi connectivity index (χ4n) is 2.47. The first kappa shape index (κ1) is 15.2. The van der Waals surface area contributed by atoms with Gasteiger partial charge < -0.3 is 19.2 Å². The van der Waals surface area contributed by atoms with Crippen molar-refractivity contribution >= 4 is 11.9 Å². The number of hydrogen-bond acceptors (Lipinski definition) is 4. The van der Waals surface area contributed by atoms with Crippen LogP contribution in [0.15, 0.2) is 40.8 Å². The van der Waals surface area contributed by atoms with Crippen molar-refractivity contribution in [2.75, 3.05) is 19.7 Å². The van der Waals surface area contributed by atoms with Crippen LogP contribution in [-0.2, 0) is 4.74 Å². The Morgan fingerprint density at radius 1 is 1.22 bits per heavy atom. The standard InChI is InChI=1S/C16H14FNO5/c17-11-3-1-2-10(8-11)14-9-18(6-7-22-14)15(19)12-4-5-13(23-12)16(20)21/h1-5,8,14H,6-7,9H2,(H,20,21). The first-order valence-electron chi connectivity index (χ1n) is 7.04. The van der Waals surface area contributed by atoms with Crippen LogP contribution in [0, 0.1) is 5.82 Å². The number of carboxylic acid groups (broad SMARTS) is 1. The normalized spacial score (nSPS) is 18.0. The number of carbonyl (C=O) groups is 2. The second-order valence-corrected chi connectivity index (χ2v) is 5.13.